The van der Waals surface area contributed by atoms with Gasteiger partial charge in [-0.25, -0.2) is 14.4 Å². The van der Waals surface area contributed by atoms with Crippen molar-refractivity contribution in [2.45, 2.75) is 43.2 Å². The molecule has 2 saturated heterocycles. The van der Waals surface area contributed by atoms with Gasteiger partial charge in [-0.05, 0) is 0 Å². The highest BCUT2D eigenvalue weighted by atomic mass is 16.6. The van der Waals surface area contributed by atoms with Crippen molar-refractivity contribution in [3.63, 3.8) is 0 Å². The molecule has 1 aromatic heterocycles. The van der Waals surface area contributed by atoms with Crippen molar-refractivity contribution in [3.8, 4) is 0 Å². The molecule has 2 aliphatic heterocycles. The molecule has 0 amide bonds. The molecule has 6 atom stereocenters. The number of aliphatic carboxylic acids is 1. The van der Waals surface area contributed by atoms with Crippen molar-refractivity contribution in [2.75, 3.05) is 0 Å². The number of hydrogen-bond donors (Lipinski definition) is 5. The molecule has 3 rings (SSSR count). The Labute approximate surface area is 137 Å². The Balaban J connectivity index is 1.97. The van der Waals surface area contributed by atoms with Gasteiger partial charge in [0, 0.05) is 12.6 Å². The summed E-state index contributed by atoms with van der Waals surface area (Å²) in [4.78, 5) is 47.3. The van der Waals surface area contributed by atoms with E-state index in [0.29, 0.717) is 10.8 Å². The van der Waals surface area contributed by atoms with E-state index >= 15 is 0 Å². The van der Waals surface area contributed by atoms with Crippen LogP contribution in [-0.2, 0) is 14.3 Å². The smallest absolute Gasteiger partial charge is 0.342 e. The molecular weight excluding hydrogens is 344 g/mol. The van der Waals surface area contributed by atoms with E-state index in [1.165, 1.54) is 0 Å². The molecule has 0 saturated carbocycles. The fraction of sp³-hybridized carbons (Fsp3) is 0.538. The third-order valence-corrected chi connectivity index (χ3v) is 4.15. The molecule has 25 heavy (non-hydrogen) atoms. The maximum Gasteiger partial charge on any atom is 0.342 e. The number of aliphatic hydroxyl groups excluding tert-OH is 2. The lowest BCUT2D eigenvalue weighted by Crippen LogP contribution is -2.51. The van der Waals surface area contributed by atoms with Crippen LogP contribution in [0.2, 0.25) is 0 Å². The van der Waals surface area contributed by atoms with Crippen molar-refractivity contribution in [3.05, 3.63) is 32.6 Å². The number of ether oxygens (including phenoxy) is 2. The second-order valence-electron chi connectivity index (χ2n) is 5.73. The summed E-state index contributed by atoms with van der Waals surface area (Å²) in [5.74, 6) is -2.93. The van der Waals surface area contributed by atoms with Crippen molar-refractivity contribution in [1.29, 1.82) is 0 Å². The Morgan fingerprint density at radius 1 is 1.16 bits per heavy atom. The van der Waals surface area contributed by atoms with Crippen LogP contribution in [0.3, 0.4) is 0 Å². The van der Waals surface area contributed by atoms with Gasteiger partial charge in [-0.1, -0.05) is 0 Å². The highest BCUT2D eigenvalue weighted by molar-refractivity contribution is 5.86. The van der Waals surface area contributed by atoms with E-state index in [0.717, 1.165) is 0 Å². The molecule has 12 nitrogen and oxygen atoms in total. The van der Waals surface area contributed by atoms with E-state index in [9.17, 15) is 29.4 Å². The first-order chi connectivity index (χ1) is 11.7. The first-order valence-corrected chi connectivity index (χ1v) is 7.19. The molecule has 0 radical (unpaired) electrons. The number of fused-ring (bicyclic) bond motifs is 1. The van der Waals surface area contributed by atoms with Crippen LogP contribution in [0, 0.1) is 0 Å². The monoisotopic (exact) mass is 358 g/mol. The van der Waals surface area contributed by atoms with Gasteiger partial charge in [0.2, 0.25) is 0 Å². The number of carboxylic acids is 2. The number of nitrogens with zero attached hydrogens (tertiary/aromatic N) is 1. The van der Waals surface area contributed by atoms with Crippen LogP contribution in [0.4, 0.5) is 0 Å². The Bertz CT molecular complexity index is 829. The Kier molecular flexibility index (Phi) is 4.20. The largest absolute Gasteiger partial charge is 0.479 e. The number of aromatic amines is 1. The molecule has 2 fully saturated rings. The molecule has 1 aromatic rings. The maximum absolute atomic E-state index is 11.9. The van der Waals surface area contributed by atoms with Gasteiger partial charge in [0.1, 0.15) is 23.9 Å². The van der Waals surface area contributed by atoms with Gasteiger partial charge >= 0.3 is 17.6 Å². The quantitative estimate of drug-likeness (QED) is 0.375. The molecule has 12 heteroatoms. The number of carbonyl (C=O) groups is 2. The number of carboxylic acid groups (broad SMARTS) is 2. The third-order valence-electron chi connectivity index (χ3n) is 4.15. The minimum atomic E-state index is -1.60. The lowest BCUT2D eigenvalue weighted by Gasteiger charge is -2.33. The van der Waals surface area contributed by atoms with Crippen LogP contribution in [0.5, 0.6) is 0 Å². The van der Waals surface area contributed by atoms with Crippen LogP contribution < -0.4 is 11.2 Å². The first kappa shape index (κ1) is 17.3. The standard InChI is InChI=1S/C13H14N2O10/c16-4-1-5(12(21)22)24-8-6(17)10(25-7(4)8)15-2-3(11(19)20)9(18)14-13(15)23/h2,4-8,10,16-17H,1H2,(H,19,20)(H,21,22)(H,14,18,23)/t4-,5?,6-,7?,8?,10-/m0/s1. The number of aromatic nitrogens is 2. The number of aromatic carboxylic acids is 1. The van der Waals surface area contributed by atoms with Gasteiger partial charge in [-0.3, -0.25) is 14.3 Å². The van der Waals surface area contributed by atoms with Gasteiger partial charge in [0.25, 0.3) is 5.56 Å². The molecule has 3 heterocycles. The van der Waals surface area contributed by atoms with E-state index < -0.39 is 65.5 Å². The summed E-state index contributed by atoms with van der Waals surface area (Å²) >= 11 is 0. The highest BCUT2D eigenvalue weighted by Gasteiger charge is 2.53. The van der Waals surface area contributed by atoms with Crippen LogP contribution in [-0.4, -0.2) is 72.4 Å². The van der Waals surface area contributed by atoms with Crippen LogP contribution in [0.15, 0.2) is 15.8 Å². The molecule has 2 aliphatic rings. The minimum absolute atomic E-state index is 0.281. The summed E-state index contributed by atoms with van der Waals surface area (Å²) in [6, 6.07) is 0. The molecule has 3 unspecified atom stereocenters. The van der Waals surface area contributed by atoms with Gasteiger partial charge in [0.15, 0.2) is 12.3 Å². The Morgan fingerprint density at radius 2 is 1.84 bits per heavy atom. The second-order valence-corrected chi connectivity index (χ2v) is 5.73. The van der Waals surface area contributed by atoms with E-state index in [2.05, 4.69) is 0 Å². The number of nitrogens with one attached hydrogen (secondary N) is 1. The Hall–Kier alpha value is -2.54. The zero-order chi connectivity index (χ0) is 18.5. The second kappa shape index (κ2) is 6.07. The zero-order valence-electron chi connectivity index (χ0n) is 12.4. The van der Waals surface area contributed by atoms with Crippen LogP contribution in [0.25, 0.3) is 0 Å². The van der Waals surface area contributed by atoms with Crippen molar-refractivity contribution in [2.24, 2.45) is 0 Å². The predicted octanol–water partition coefficient (Wildman–Crippen LogP) is -2.90. The average Bonchev–Trinajstić information content (AvgIpc) is 2.85. The lowest BCUT2D eigenvalue weighted by atomic mass is 9.96. The number of H-pyrrole nitrogens is 1. The molecule has 0 bridgehead atoms. The number of hydrogen-bond acceptors (Lipinski definition) is 8. The van der Waals surface area contributed by atoms with E-state index in [4.69, 9.17) is 19.7 Å². The summed E-state index contributed by atoms with van der Waals surface area (Å²) in [6.07, 6.45) is -7.64. The first-order valence-electron chi connectivity index (χ1n) is 7.19. The van der Waals surface area contributed by atoms with E-state index in [1.807, 2.05) is 0 Å². The topological polar surface area (TPSA) is 188 Å². The van der Waals surface area contributed by atoms with Crippen molar-refractivity contribution >= 4 is 11.9 Å². The normalized spacial score (nSPS) is 34.5. The van der Waals surface area contributed by atoms with Gasteiger partial charge in [0.05, 0.1) is 6.10 Å². The third kappa shape index (κ3) is 2.84. The Morgan fingerprint density at radius 3 is 2.44 bits per heavy atom. The summed E-state index contributed by atoms with van der Waals surface area (Å²) in [6.45, 7) is 0. The minimum Gasteiger partial charge on any atom is -0.479 e. The molecular formula is C13H14N2O10. The maximum atomic E-state index is 11.9. The van der Waals surface area contributed by atoms with Gasteiger partial charge in [-0.2, -0.15) is 0 Å². The van der Waals surface area contributed by atoms with Crippen molar-refractivity contribution in [1.82, 2.24) is 9.55 Å². The van der Waals surface area contributed by atoms with Gasteiger partial charge < -0.3 is 29.9 Å². The molecule has 0 spiro atoms. The summed E-state index contributed by atoms with van der Waals surface area (Å²) in [5, 5.41) is 38.3. The highest BCUT2D eigenvalue weighted by Crippen LogP contribution is 2.37. The molecule has 0 aliphatic carbocycles. The number of rotatable bonds is 3. The fourth-order valence-electron chi connectivity index (χ4n) is 2.96. The molecule has 5 N–H and O–H groups in total. The zero-order valence-corrected chi connectivity index (χ0v) is 12.4. The molecule has 136 valence electrons. The SMILES string of the molecule is O=C(O)c1cn([C@H]2OC3C(OC(C(=O)O)C[C@@H]3O)[C@@H]2O)c(=O)[nH]c1=O. The lowest BCUT2D eigenvalue weighted by molar-refractivity contribution is -0.187. The summed E-state index contributed by atoms with van der Waals surface area (Å²) in [7, 11) is 0. The average molecular weight is 358 g/mol. The molecule has 0 aromatic carbocycles. The van der Waals surface area contributed by atoms with Gasteiger partial charge in [-0.15, -0.1) is 0 Å². The predicted molar refractivity (Wildman–Crippen MR) is 75.1 cm³/mol. The fourth-order valence-corrected chi connectivity index (χ4v) is 2.96. The summed E-state index contributed by atoms with van der Waals surface area (Å²) in [5.41, 5.74) is -2.92. The summed E-state index contributed by atoms with van der Waals surface area (Å²) < 4.78 is 11.3. The number of aliphatic hydroxyl groups is 2. The van der Waals surface area contributed by atoms with Crippen LogP contribution in [0.1, 0.15) is 23.0 Å². The van der Waals surface area contributed by atoms with Crippen LogP contribution >= 0.6 is 0 Å². The van der Waals surface area contributed by atoms with E-state index in [-0.39, 0.29) is 6.42 Å². The van der Waals surface area contributed by atoms with Crippen molar-refractivity contribution < 1.29 is 39.5 Å². The van der Waals surface area contributed by atoms with E-state index in [1.54, 1.807) is 4.98 Å².